The lowest BCUT2D eigenvalue weighted by molar-refractivity contribution is 0.0786. The van der Waals surface area contributed by atoms with Crippen LogP contribution in [0.25, 0.3) is 0 Å². The van der Waals surface area contributed by atoms with Gasteiger partial charge in [0.1, 0.15) is 0 Å². The Balaban J connectivity index is 0.00000133. The molecule has 2 atom stereocenters. The number of ketones is 1. The molecule has 2 fully saturated rings. The van der Waals surface area contributed by atoms with Gasteiger partial charge in [-0.3, -0.25) is 9.59 Å². The highest BCUT2D eigenvalue weighted by Crippen LogP contribution is 2.28. The second-order valence-corrected chi connectivity index (χ2v) is 6.06. The zero-order valence-corrected chi connectivity index (χ0v) is 12.4. The Labute approximate surface area is 122 Å². The van der Waals surface area contributed by atoms with Crippen LogP contribution in [0.2, 0.25) is 0 Å². The van der Waals surface area contributed by atoms with Crippen LogP contribution in [0.15, 0.2) is 11.4 Å². The first kappa shape index (κ1) is 14.5. The van der Waals surface area contributed by atoms with E-state index in [0.29, 0.717) is 22.3 Å². The summed E-state index contributed by atoms with van der Waals surface area (Å²) in [6.45, 7) is 5.28. The summed E-state index contributed by atoms with van der Waals surface area (Å²) in [5.41, 5.74) is 0.643. The number of rotatable bonds is 2. The topological polar surface area (TPSA) is 49.4 Å². The summed E-state index contributed by atoms with van der Waals surface area (Å²) < 4.78 is 0. The van der Waals surface area contributed by atoms with Gasteiger partial charge < -0.3 is 10.2 Å². The van der Waals surface area contributed by atoms with Crippen LogP contribution in [0.3, 0.4) is 0 Å². The van der Waals surface area contributed by atoms with Crippen LogP contribution < -0.4 is 5.32 Å². The third kappa shape index (κ3) is 2.68. The zero-order valence-electron chi connectivity index (χ0n) is 10.7. The van der Waals surface area contributed by atoms with Crippen molar-refractivity contribution in [3.05, 3.63) is 21.9 Å². The highest BCUT2D eigenvalue weighted by molar-refractivity contribution is 7.12. The molecule has 2 saturated heterocycles. The average molecular weight is 301 g/mol. The maximum Gasteiger partial charge on any atom is 0.263 e. The molecule has 0 saturated carbocycles. The Bertz CT molecular complexity index is 491. The van der Waals surface area contributed by atoms with Gasteiger partial charge in [-0.25, -0.2) is 0 Å². The zero-order chi connectivity index (χ0) is 12.7. The molecule has 2 aliphatic rings. The van der Waals surface area contributed by atoms with E-state index in [2.05, 4.69) is 5.32 Å². The van der Waals surface area contributed by atoms with Crippen LogP contribution in [0.4, 0.5) is 0 Å². The van der Waals surface area contributed by atoms with E-state index in [-0.39, 0.29) is 24.1 Å². The SMILES string of the molecule is CC(=O)c1csc(C(=O)N2C[C@H]3CNC[C@H]3C2)c1.Cl. The molecule has 3 heterocycles. The van der Waals surface area contributed by atoms with Gasteiger partial charge in [-0.15, -0.1) is 23.7 Å². The number of hydrogen-bond donors (Lipinski definition) is 1. The summed E-state index contributed by atoms with van der Waals surface area (Å²) in [6.07, 6.45) is 0. The predicted molar refractivity (Wildman–Crippen MR) is 77.3 cm³/mol. The molecule has 0 aliphatic carbocycles. The molecule has 2 aliphatic heterocycles. The molecule has 6 heteroatoms. The van der Waals surface area contributed by atoms with Gasteiger partial charge in [0, 0.05) is 37.1 Å². The highest BCUT2D eigenvalue weighted by atomic mass is 35.5. The minimum atomic E-state index is 0. The largest absolute Gasteiger partial charge is 0.337 e. The average Bonchev–Trinajstić information content (AvgIpc) is 3.02. The number of hydrogen-bond acceptors (Lipinski definition) is 4. The van der Waals surface area contributed by atoms with Crippen molar-refractivity contribution in [2.75, 3.05) is 26.2 Å². The Morgan fingerprint density at radius 3 is 2.47 bits per heavy atom. The monoisotopic (exact) mass is 300 g/mol. The van der Waals surface area contributed by atoms with Crippen molar-refractivity contribution in [3.63, 3.8) is 0 Å². The number of likely N-dealkylation sites (tertiary alicyclic amines) is 1. The van der Waals surface area contributed by atoms with Gasteiger partial charge in [0.25, 0.3) is 5.91 Å². The van der Waals surface area contributed by atoms with Crippen molar-refractivity contribution in [1.82, 2.24) is 10.2 Å². The molecule has 1 aromatic rings. The second-order valence-electron chi connectivity index (χ2n) is 5.14. The van der Waals surface area contributed by atoms with Crippen molar-refractivity contribution >= 4 is 35.4 Å². The number of thiophene rings is 1. The molecule has 0 spiro atoms. The standard InChI is InChI=1S/C13H16N2O2S.ClH/c1-8(16)9-2-12(18-7-9)13(17)15-5-10-3-14-4-11(10)6-15;/h2,7,10-11,14H,3-6H2,1H3;1H/t10-,11+;. The third-order valence-corrected chi connectivity index (χ3v) is 4.81. The Morgan fingerprint density at radius 2 is 1.95 bits per heavy atom. The van der Waals surface area contributed by atoms with Crippen LogP contribution in [0.1, 0.15) is 27.0 Å². The number of amides is 1. The van der Waals surface area contributed by atoms with Gasteiger partial charge in [0.2, 0.25) is 0 Å². The molecule has 104 valence electrons. The van der Waals surface area contributed by atoms with Gasteiger partial charge in [-0.2, -0.15) is 0 Å². The van der Waals surface area contributed by atoms with E-state index < -0.39 is 0 Å². The van der Waals surface area contributed by atoms with E-state index in [4.69, 9.17) is 0 Å². The number of halogens is 1. The first-order valence-electron chi connectivity index (χ1n) is 6.24. The fraction of sp³-hybridized carbons (Fsp3) is 0.538. The maximum atomic E-state index is 12.3. The van der Waals surface area contributed by atoms with E-state index in [9.17, 15) is 9.59 Å². The predicted octanol–water partition coefficient (Wildman–Crippen LogP) is 1.66. The van der Waals surface area contributed by atoms with E-state index in [1.54, 1.807) is 11.4 Å². The van der Waals surface area contributed by atoms with E-state index in [1.807, 2.05) is 4.90 Å². The van der Waals surface area contributed by atoms with Gasteiger partial charge in [-0.05, 0) is 24.8 Å². The molecule has 1 aromatic heterocycles. The first-order chi connectivity index (χ1) is 8.65. The number of nitrogens with zero attached hydrogens (tertiary/aromatic N) is 1. The fourth-order valence-corrected chi connectivity index (χ4v) is 3.72. The molecule has 0 aromatic carbocycles. The van der Waals surface area contributed by atoms with Gasteiger partial charge in [0.05, 0.1) is 4.88 Å². The smallest absolute Gasteiger partial charge is 0.263 e. The lowest BCUT2D eigenvalue weighted by atomic mass is 10.0. The summed E-state index contributed by atoms with van der Waals surface area (Å²) in [7, 11) is 0. The lowest BCUT2D eigenvalue weighted by Gasteiger charge is -2.16. The molecule has 19 heavy (non-hydrogen) atoms. The fourth-order valence-electron chi connectivity index (χ4n) is 2.81. The minimum Gasteiger partial charge on any atom is -0.337 e. The van der Waals surface area contributed by atoms with Gasteiger partial charge in [0.15, 0.2) is 5.78 Å². The summed E-state index contributed by atoms with van der Waals surface area (Å²) in [6, 6.07) is 1.72. The molecule has 4 nitrogen and oxygen atoms in total. The van der Waals surface area contributed by atoms with Gasteiger partial charge >= 0.3 is 0 Å². The number of carbonyl (C=O) groups excluding carboxylic acids is 2. The van der Waals surface area contributed by atoms with Crippen molar-refractivity contribution in [1.29, 1.82) is 0 Å². The van der Waals surface area contributed by atoms with E-state index in [0.717, 1.165) is 26.2 Å². The molecule has 0 radical (unpaired) electrons. The number of Topliss-reactive ketones (excluding diaryl/α,β-unsaturated/α-hetero) is 1. The number of nitrogens with one attached hydrogen (secondary N) is 1. The summed E-state index contributed by atoms with van der Waals surface area (Å²) >= 11 is 1.37. The van der Waals surface area contributed by atoms with Crippen molar-refractivity contribution < 1.29 is 9.59 Å². The second kappa shape index (κ2) is 5.61. The summed E-state index contributed by atoms with van der Waals surface area (Å²) in [5, 5.41) is 5.13. The molecular formula is C13H17ClN2O2S. The first-order valence-corrected chi connectivity index (χ1v) is 7.12. The maximum absolute atomic E-state index is 12.3. The highest BCUT2D eigenvalue weighted by Gasteiger charge is 2.38. The van der Waals surface area contributed by atoms with Crippen LogP contribution in [0.5, 0.6) is 0 Å². The Kier molecular flexibility index (Phi) is 4.28. The molecule has 1 amide bonds. The Morgan fingerprint density at radius 1 is 1.32 bits per heavy atom. The van der Waals surface area contributed by atoms with Gasteiger partial charge in [-0.1, -0.05) is 0 Å². The van der Waals surface area contributed by atoms with Crippen LogP contribution >= 0.6 is 23.7 Å². The molecule has 3 rings (SSSR count). The van der Waals surface area contributed by atoms with Crippen LogP contribution in [0, 0.1) is 11.8 Å². The quantitative estimate of drug-likeness (QED) is 0.845. The normalized spacial score (nSPS) is 25.0. The van der Waals surface area contributed by atoms with E-state index >= 15 is 0 Å². The van der Waals surface area contributed by atoms with Crippen molar-refractivity contribution in [2.45, 2.75) is 6.92 Å². The van der Waals surface area contributed by atoms with E-state index in [1.165, 1.54) is 18.3 Å². The molecular weight excluding hydrogens is 284 g/mol. The van der Waals surface area contributed by atoms with Crippen molar-refractivity contribution in [3.8, 4) is 0 Å². The lowest BCUT2D eigenvalue weighted by Crippen LogP contribution is -2.31. The number of fused-ring (bicyclic) bond motifs is 1. The third-order valence-electron chi connectivity index (χ3n) is 3.89. The minimum absolute atomic E-state index is 0. The Hall–Kier alpha value is -0.910. The summed E-state index contributed by atoms with van der Waals surface area (Å²) in [4.78, 5) is 26.2. The van der Waals surface area contributed by atoms with Crippen LogP contribution in [-0.2, 0) is 0 Å². The van der Waals surface area contributed by atoms with Crippen molar-refractivity contribution in [2.24, 2.45) is 11.8 Å². The molecule has 0 bridgehead atoms. The van der Waals surface area contributed by atoms with Crippen LogP contribution in [-0.4, -0.2) is 42.8 Å². The molecule has 1 N–H and O–H groups in total. The number of carbonyl (C=O) groups is 2. The molecule has 0 unspecified atom stereocenters. The summed E-state index contributed by atoms with van der Waals surface area (Å²) in [5.74, 6) is 1.33.